The number of hydrogen-bond acceptors (Lipinski definition) is 3. The van der Waals surface area contributed by atoms with Crippen LogP contribution in [0.1, 0.15) is 11.1 Å². The van der Waals surface area contributed by atoms with Gasteiger partial charge in [-0.15, -0.1) is 0 Å². The Morgan fingerprint density at radius 1 is 1.22 bits per heavy atom. The first-order valence-corrected chi connectivity index (χ1v) is 7.03. The Hall–Kier alpha value is -3.04. The lowest BCUT2D eigenvalue weighted by Gasteiger charge is -2.08. The van der Waals surface area contributed by atoms with Crippen molar-refractivity contribution >= 4 is 35.0 Å². The number of hydrogen-bond donors (Lipinski definition) is 2. The molecular weight excluding hydrogens is 313 g/mol. The molecule has 0 saturated heterocycles. The van der Waals surface area contributed by atoms with Gasteiger partial charge in [0.1, 0.15) is 5.82 Å². The van der Waals surface area contributed by atoms with Crippen molar-refractivity contribution in [2.24, 2.45) is 0 Å². The maximum Gasteiger partial charge on any atom is 0.250 e. The van der Waals surface area contributed by atoms with E-state index in [1.165, 1.54) is 18.2 Å². The highest BCUT2D eigenvalue weighted by Gasteiger charge is 2.02. The van der Waals surface area contributed by atoms with Crippen LogP contribution in [0.5, 0.6) is 0 Å². The quantitative estimate of drug-likeness (QED) is 0.672. The molecule has 1 amide bonds. The molecule has 0 saturated carbocycles. The zero-order valence-electron chi connectivity index (χ0n) is 11.9. The van der Waals surface area contributed by atoms with Gasteiger partial charge in [0.2, 0.25) is 5.91 Å². The fourth-order valence-electron chi connectivity index (χ4n) is 1.73. The predicted octanol–water partition coefficient (Wildman–Crippen LogP) is 3.22. The maximum absolute atomic E-state index is 12.8. The van der Waals surface area contributed by atoms with E-state index in [-0.39, 0.29) is 10.9 Å². The molecule has 2 rings (SSSR count). The first-order chi connectivity index (χ1) is 11.1. The van der Waals surface area contributed by atoms with Crippen LogP contribution in [0.3, 0.4) is 0 Å². The number of nitrogens with zero attached hydrogens (tertiary/aromatic N) is 1. The molecule has 0 heterocycles. The number of benzene rings is 2. The topological polar surface area (TPSA) is 64.9 Å². The van der Waals surface area contributed by atoms with Gasteiger partial charge in [-0.25, -0.2) is 4.39 Å². The summed E-state index contributed by atoms with van der Waals surface area (Å²) in [5.41, 5.74) is 1.79. The summed E-state index contributed by atoms with van der Waals surface area (Å²) in [5, 5.41) is 14.2. The zero-order valence-corrected chi connectivity index (χ0v) is 12.7. The molecule has 0 atom stereocenters. The van der Waals surface area contributed by atoms with Crippen molar-refractivity contribution in [3.8, 4) is 6.07 Å². The van der Waals surface area contributed by atoms with E-state index in [4.69, 9.17) is 17.5 Å². The number of carbonyl (C=O) groups excluding carboxylic acids is 1. The third-order valence-electron chi connectivity index (χ3n) is 2.78. The fraction of sp³-hybridized carbons (Fsp3) is 0. The molecule has 0 spiro atoms. The van der Waals surface area contributed by atoms with Crippen molar-refractivity contribution in [3.63, 3.8) is 0 Å². The van der Waals surface area contributed by atoms with E-state index in [0.717, 1.165) is 0 Å². The molecule has 0 unspecified atom stereocenters. The summed E-state index contributed by atoms with van der Waals surface area (Å²) >= 11 is 5.03. The SMILES string of the molecule is N#Cc1cccc(NC(=S)NC(=O)/C=C/c2ccc(F)cc2)c1. The minimum atomic E-state index is -0.414. The highest BCUT2D eigenvalue weighted by atomic mass is 32.1. The van der Waals surface area contributed by atoms with Crippen LogP contribution >= 0.6 is 12.2 Å². The lowest BCUT2D eigenvalue weighted by atomic mass is 10.2. The number of nitriles is 1. The first kappa shape index (κ1) is 16.3. The molecule has 0 radical (unpaired) electrons. The van der Waals surface area contributed by atoms with Crippen LogP contribution in [0, 0.1) is 17.1 Å². The van der Waals surface area contributed by atoms with Crippen LogP contribution in [0.25, 0.3) is 6.08 Å². The molecule has 2 aromatic carbocycles. The van der Waals surface area contributed by atoms with Gasteiger partial charge in [0, 0.05) is 11.8 Å². The highest BCUT2D eigenvalue weighted by molar-refractivity contribution is 7.80. The van der Waals surface area contributed by atoms with Crippen LogP contribution in [-0.2, 0) is 4.79 Å². The predicted molar refractivity (Wildman–Crippen MR) is 91.0 cm³/mol. The highest BCUT2D eigenvalue weighted by Crippen LogP contribution is 2.09. The summed E-state index contributed by atoms with van der Waals surface area (Å²) < 4.78 is 12.8. The molecule has 0 aromatic heterocycles. The molecule has 0 aliphatic heterocycles. The normalized spacial score (nSPS) is 10.1. The van der Waals surface area contributed by atoms with Crippen LogP contribution in [0.15, 0.2) is 54.6 Å². The Balaban J connectivity index is 1.90. The number of carbonyl (C=O) groups is 1. The monoisotopic (exact) mass is 325 g/mol. The minimum absolute atomic E-state index is 0.119. The van der Waals surface area contributed by atoms with Crippen LogP contribution in [0.2, 0.25) is 0 Å². The van der Waals surface area contributed by atoms with Gasteiger partial charge in [-0.3, -0.25) is 10.1 Å². The van der Waals surface area contributed by atoms with E-state index in [2.05, 4.69) is 10.6 Å². The van der Waals surface area contributed by atoms with Crippen molar-refractivity contribution < 1.29 is 9.18 Å². The van der Waals surface area contributed by atoms with Gasteiger partial charge in [-0.1, -0.05) is 18.2 Å². The standard InChI is InChI=1S/C17H12FN3OS/c18-14-7-4-12(5-8-14)6-9-16(22)21-17(23)20-15-3-1-2-13(10-15)11-19/h1-10H,(H2,20,21,22,23)/b9-6+. The Bertz CT molecular complexity index is 794. The molecule has 0 aliphatic rings. The number of thiocarbonyl (C=S) groups is 1. The smallest absolute Gasteiger partial charge is 0.250 e. The van der Waals surface area contributed by atoms with Gasteiger partial charge in [-0.05, 0) is 54.2 Å². The van der Waals surface area contributed by atoms with Crippen LogP contribution < -0.4 is 10.6 Å². The van der Waals surface area contributed by atoms with Crippen molar-refractivity contribution in [1.82, 2.24) is 5.32 Å². The van der Waals surface area contributed by atoms with Crippen molar-refractivity contribution in [2.75, 3.05) is 5.32 Å². The van der Waals surface area contributed by atoms with Gasteiger partial charge < -0.3 is 5.32 Å². The molecule has 23 heavy (non-hydrogen) atoms. The minimum Gasteiger partial charge on any atom is -0.332 e. The molecule has 0 fully saturated rings. The zero-order chi connectivity index (χ0) is 16.7. The van der Waals surface area contributed by atoms with E-state index >= 15 is 0 Å². The Morgan fingerprint density at radius 2 is 1.96 bits per heavy atom. The summed E-state index contributed by atoms with van der Waals surface area (Å²) in [4.78, 5) is 11.8. The van der Waals surface area contributed by atoms with Crippen molar-refractivity contribution in [3.05, 3.63) is 71.6 Å². The van der Waals surface area contributed by atoms with Gasteiger partial charge in [0.15, 0.2) is 5.11 Å². The maximum atomic E-state index is 12.8. The second-order valence-corrected chi connectivity index (χ2v) is 4.93. The largest absolute Gasteiger partial charge is 0.332 e. The number of amides is 1. The van der Waals surface area contributed by atoms with Gasteiger partial charge in [0.25, 0.3) is 0 Å². The summed E-state index contributed by atoms with van der Waals surface area (Å²) in [5.74, 6) is -0.750. The van der Waals surface area contributed by atoms with Crippen LogP contribution in [0.4, 0.5) is 10.1 Å². The molecule has 114 valence electrons. The van der Waals surface area contributed by atoms with E-state index < -0.39 is 5.91 Å². The summed E-state index contributed by atoms with van der Waals surface area (Å²) in [6.07, 6.45) is 2.85. The molecule has 0 aliphatic carbocycles. The van der Waals surface area contributed by atoms with Crippen LogP contribution in [-0.4, -0.2) is 11.0 Å². The molecule has 4 nitrogen and oxygen atoms in total. The van der Waals surface area contributed by atoms with E-state index in [9.17, 15) is 9.18 Å². The molecule has 2 N–H and O–H groups in total. The van der Waals surface area contributed by atoms with Gasteiger partial charge in [-0.2, -0.15) is 5.26 Å². The Morgan fingerprint density at radius 3 is 2.65 bits per heavy atom. The number of rotatable bonds is 3. The van der Waals surface area contributed by atoms with Gasteiger partial charge in [0.05, 0.1) is 11.6 Å². The van der Waals surface area contributed by atoms with Crippen molar-refractivity contribution in [1.29, 1.82) is 5.26 Å². The lowest BCUT2D eigenvalue weighted by Crippen LogP contribution is -2.32. The molecular formula is C17H12FN3OS. The molecule has 0 bridgehead atoms. The van der Waals surface area contributed by atoms with E-state index in [0.29, 0.717) is 16.8 Å². The Kier molecular flexibility index (Phi) is 5.56. The van der Waals surface area contributed by atoms with Gasteiger partial charge >= 0.3 is 0 Å². The average molecular weight is 325 g/mol. The molecule has 6 heteroatoms. The van der Waals surface area contributed by atoms with E-state index in [1.54, 1.807) is 42.5 Å². The fourth-order valence-corrected chi connectivity index (χ4v) is 1.95. The first-order valence-electron chi connectivity index (χ1n) is 6.62. The molecule has 2 aromatic rings. The second kappa shape index (κ2) is 7.82. The van der Waals surface area contributed by atoms with Crippen molar-refractivity contribution in [2.45, 2.75) is 0 Å². The number of halogens is 1. The third-order valence-corrected chi connectivity index (χ3v) is 2.99. The second-order valence-electron chi connectivity index (χ2n) is 4.52. The summed E-state index contributed by atoms with van der Waals surface area (Å²) in [6.45, 7) is 0. The lowest BCUT2D eigenvalue weighted by molar-refractivity contribution is -0.115. The summed E-state index contributed by atoms with van der Waals surface area (Å²) in [7, 11) is 0. The third kappa shape index (κ3) is 5.34. The average Bonchev–Trinajstić information content (AvgIpc) is 2.54. The summed E-state index contributed by atoms with van der Waals surface area (Å²) in [6, 6.07) is 14.5. The Labute approximate surface area is 138 Å². The number of nitrogens with one attached hydrogen (secondary N) is 2. The van der Waals surface area contributed by atoms with E-state index in [1.807, 2.05) is 6.07 Å². The number of anilines is 1.